The predicted octanol–water partition coefficient (Wildman–Crippen LogP) is 3.00. The number of pyridine rings is 2. The Hall–Kier alpha value is -3.20. The average molecular weight is 485 g/mol. The van der Waals surface area contributed by atoms with Crippen molar-refractivity contribution in [3.05, 3.63) is 57.8 Å². The van der Waals surface area contributed by atoms with E-state index in [-0.39, 0.29) is 23.9 Å². The molecule has 3 rings (SSSR count). The molecule has 2 N–H and O–H groups in total. The number of morpholine rings is 1. The van der Waals surface area contributed by atoms with Crippen molar-refractivity contribution in [2.45, 2.75) is 65.6 Å². The monoisotopic (exact) mass is 484 g/mol. The number of carboxylic acids is 1. The third kappa shape index (κ3) is 6.69. The summed E-state index contributed by atoms with van der Waals surface area (Å²) in [4.78, 5) is 44.6. The van der Waals surface area contributed by atoms with Crippen molar-refractivity contribution in [1.29, 1.82) is 0 Å². The second kappa shape index (κ2) is 11.5. The fourth-order valence-corrected chi connectivity index (χ4v) is 4.44. The molecular weight excluding hydrogens is 448 g/mol. The van der Waals surface area contributed by atoms with E-state index in [1.807, 2.05) is 33.8 Å². The number of nitrogens with one attached hydrogen (secondary N) is 1. The van der Waals surface area contributed by atoms with Crippen molar-refractivity contribution in [1.82, 2.24) is 14.9 Å². The molecule has 2 aromatic heterocycles. The molecule has 1 saturated heterocycles. The number of amides is 1. The van der Waals surface area contributed by atoms with E-state index in [2.05, 4.69) is 22.1 Å². The van der Waals surface area contributed by atoms with Gasteiger partial charge in [-0.05, 0) is 56.4 Å². The van der Waals surface area contributed by atoms with Crippen LogP contribution in [-0.2, 0) is 14.3 Å². The maximum atomic E-state index is 13.5. The molecule has 0 aliphatic carbocycles. The minimum atomic E-state index is -1.04. The Labute approximate surface area is 206 Å². The molecule has 0 spiro atoms. The number of aryl methyl sites for hydroxylation is 2. The van der Waals surface area contributed by atoms with Gasteiger partial charge >= 0.3 is 5.97 Å². The van der Waals surface area contributed by atoms with Crippen molar-refractivity contribution >= 4 is 17.6 Å². The van der Waals surface area contributed by atoms with E-state index in [1.165, 1.54) is 10.6 Å². The van der Waals surface area contributed by atoms with Crippen LogP contribution in [0.15, 0.2) is 35.4 Å². The minimum absolute atomic E-state index is 0.146. The summed E-state index contributed by atoms with van der Waals surface area (Å²) in [5, 5.41) is 12.5. The van der Waals surface area contributed by atoms with Crippen LogP contribution in [-0.4, -0.2) is 52.3 Å². The first-order chi connectivity index (χ1) is 16.6. The van der Waals surface area contributed by atoms with Gasteiger partial charge in [0.05, 0.1) is 37.1 Å². The summed E-state index contributed by atoms with van der Waals surface area (Å²) < 4.78 is 6.97. The highest BCUT2D eigenvalue weighted by Crippen LogP contribution is 2.28. The zero-order valence-corrected chi connectivity index (χ0v) is 21.2. The van der Waals surface area contributed by atoms with Crippen LogP contribution in [0.4, 0.5) is 5.69 Å². The van der Waals surface area contributed by atoms with Crippen LogP contribution in [0.3, 0.4) is 0 Å². The number of anilines is 1. The molecule has 3 heterocycles. The van der Waals surface area contributed by atoms with Crippen LogP contribution in [0.1, 0.15) is 62.5 Å². The van der Waals surface area contributed by atoms with Crippen molar-refractivity contribution < 1.29 is 19.4 Å². The lowest BCUT2D eigenvalue weighted by molar-refractivity contribution is -0.138. The van der Waals surface area contributed by atoms with Gasteiger partial charge in [0.2, 0.25) is 5.91 Å². The lowest BCUT2D eigenvalue weighted by atomic mass is 10.00. The number of rotatable bonds is 9. The molecule has 9 heteroatoms. The third-order valence-electron chi connectivity index (χ3n) is 6.29. The van der Waals surface area contributed by atoms with Crippen LogP contribution < -0.4 is 15.8 Å². The smallest absolute Gasteiger partial charge is 0.305 e. The highest BCUT2D eigenvalue weighted by molar-refractivity contribution is 5.81. The van der Waals surface area contributed by atoms with Crippen molar-refractivity contribution in [3.63, 3.8) is 0 Å². The maximum Gasteiger partial charge on any atom is 0.305 e. The quantitative estimate of drug-likeness (QED) is 0.562. The molecule has 0 radical (unpaired) electrons. The van der Waals surface area contributed by atoms with Gasteiger partial charge in [-0.1, -0.05) is 13.8 Å². The van der Waals surface area contributed by atoms with E-state index < -0.39 is 24.0 Å². The first kappa shape index (κ1) is 26.4. The Balaban J connectivity index is 1.94. The van der Waals surface area contributed by atoms with Gasteiger partial charge in [-0.3, -0.25) is 19.4 Å². The molecule has 0 unspecified atom stereocenters. The first-order valence-corrected chi connectivity index (χ1v) is 12.1. The van der Waals surface area contributed by atoms with E-state index in [4.69, 9.17) is 4.74 Å². The summed E-state index contributed by atoms with van der Waals surface area (Å²) in [6.45, 7) is 11.7. The molecular formula is C26H36N4O5. The number of carbonyl (C=O) groups is 2. The van der Waals surface area contributed by atoms with Crippen LogP contribution >= 0.6 is 0 Å². The first-order valence-electron chi connectivity index (χ1n) is 12.1. The Morgan fingerprint density at radius 1 is 1.29 bits per heavy atom. The van der Waals surface area contributed by atoms with E-state index in [9.17, 15) is 19.5 Å². The molecule has 3 atom stereocenters. The normalized spacial score (nSPS) is 17.8. The SMILES string of the molecule is Cc1ccn([C@@H](CC(C)C)C(=O)N[C@H](CC(=O)O)c2cnc(C)c(N3CCOC[C@@H]3C)c2)c(=O)c1. The zero-order chi connectivity index (χ0) is 25.7. The summed E-state index contributed by atoms with van der Waals surface area (Å²) in [7, 11) is 0. The van der Waals surface area contributed by atoms with Gasteiger partial charge in [-0.25, -0.2) is 0 Å². The molecule has 1 aliphatic heterocycles. The number of aliphatic carboxylic acids is 1. The molecule has 0 saturated carbocycles. The Morgan fingerprint density at radius 2 is 2.03 bits per heavy atom. The second-order valence-electron chi connectivity index (χ2n) is 9.74. The molecule has 1 amide bonds. The summed E-state index contributed by atoms with van der Waals surface area (Å²) in [5.41, 5.74) is 2.89. The largest absolute Gasteiger partial charge is 0.481 e. The van der Waals surface area contributed by atoms with Crippen molar-refractivity contribution in [2.24, 2.45) is 5.92 Å². The fourth-order valence-electron chi connectivity index (χ4n) is 4.44. The Bertz CT molecular complexity index is 1110. The predicted molar refractivity (Wildman–Crippen MR) is 134 cm³/mol. The molecule has 2 aromatic rings. The van der Waals surface area contributed by atoms with Gasteiger partial charge in [-0.15, -0.1) is 0 Å². The van der Waals surface area contributed by atoms with Gasteiger partial charge < -0.3 is 24.6 Å². The molecule has 1 fully saturated rings. The number of carbonyl (C=O) groups excluding carboxylic acids is 1. The maximum absolute atomic E-state index is 13.5. The van der Waals surface area contributed by atoms with Crippen LogP contribution in [0.25, 0.3) is 0 Å². The Kier molecular flexibility index (Phi) is 8.67. The van der Waals surface area contributed by atoms with E-state index in [1.54, 1.807) is 18.5 Å². The fraction of sp³-hybridized carbons (Fsp3) is 0.538. The summed E-state index contributed by atoms with van der Waals surface area (Å²) in [6, 6.07) is 3.80. The van der Waals surface area contributed by atoms with Gasteiger partial charge in [0.25, 0.3) is 5.56 Å². The Morgan fingerprint density at radius 3 is 2.66 bits per heavy atom. The number of hydrogen-bond donors (Lipinski definition) is 2. The van der Waals surface area contributed by atoms with E-state index in [0.717, 1.165) is 16.9 Å². The number of ether oxygens (including phenoxy) is 1. The second-order valence-corrected chi connectivity index (χ2v) is 9.74. The lowest BCUT2D eigenvalue weighted by Gasteiger charge is -2.36. The van der Waals surface area contributed by atoms with Crippen molar-refractivity contribution in [3.8, 4) is 0 Å². The lowest BCUT2D eigenvalue weighted by Crippen LogP contribution is -2.44. The number of carboxylic acid groups (broad SMARTS) is 1. The average Bonchev–Trinajstić information content (AvgIpc) is 2.78. The molecule has 0 bridgehead atoms. The summed E-state index contributed by atoms with van der Waals surface area (Å²) >= 11 is 0. The van der Waals surface area contributed by atoms with Crippen molar-refractivity contribution in [2.75, 3.05) is 24.7 Å². The van der Waals surface area contributed by atoms with E-state index in [0.29, 0.717) is 31.7 Å². The highest BCUT2D eigenvalue weighted by Gasteiger charge is 2.28. The van der Waals surface area contributed by atoms with Gasteiger partial charge in [0.15, 0.2) is 0 Å². The van der Waals surface area contributed by atoms with Crippen LogP contribution in [0.2, 0.25) is 0 Å². The minimum Gasteiger partial charge on any atom is -0.481 e. The summed E-state index contributed by atoms with van der Waals surface area (Å²) in [5.74, 6) is -1.28. The molecule has 1 aliphatic rings. The number of nitrogens with zero attached hydrogens (tertiary/aromatic N) is 3. The standard InChI is InChI=1S/C26H36N4O5/c1-16(2)10-23(30-7-6-17(3)11-24(30)31)26(34)28-21(13-25(32)33)20-12-22(19(5)27-14-20)29-8-9-35-15-18(29)4/h6-7,11-12,14,16,18,21,23H,8-10,13,15H2,1-5H3,(H,28,34)(H,32,33)/t18-,21+,23-/m0/s1. The third-order valence-corrected chi connectivity index (χ3v) is 6.29. The van der Waals surface area contributed by atoms with E-state index >= 15 is 0 Å². The molecule has 35 heavy (non-hydrogen) atoms. The number of hydrogen-bond acceptors (Lipinski definition) is 6. The molecule has 9 nitrogen and oxygen atoms in total. The summed E-state index contributed by atoms with van der Waals surface area (Å²) in [6.07, 6.45) is 3.39. The van der Waals surface area contributed by atoms with Gasteiger partial charge in [-0.2, -0.15) is 0 Å². The highest BCUT2D eigenvalue weighted by atomic mass is 16.5. The molecule has 0 aromatic carbocycles. The zero-order valence-electron chi connectivity index (χ0n) is 21.2. The topological polar surface area (TPSA) is 114 Å². The molecule has 190 valence electrons. The van der Waals surface area contributed by atoms with Gasteiger partial charge in [0, 0.05) is 31.0 Å². The van der Waals surface area contributed by atoms with Crippen LogP contribution in [0, 0.1) is 19.8 Å². The van der Waals surface area contributed by atoms with Crippen LogP contribution in [0.5, 0.6) is 0 Å². The van der Waals surface area contributed by atoms with Gasteiger partial charge in [0.1, 0.15) is 6.04 Å². The number of aromatic nitrogens is 2.